The third kappa shape index (κ3) is 5.41. The summed E-state index contributed by atoms with van der Waals surface area (Å²) in [6.07, 6.45) is 6.04. The molecule has 25 heavy (non-hydrogen) atoms. The van der Waals surface area contributed by atoms with Crippen molar-refractivity contribution in [3.63, 3.8) is 0 Å². The van der Waals surface area contributed by atoms with Gasteiger partial charge in [0, 0.05) is 56.6 Å². The standard InChI is InChI=1S/C20H22ClN3O/c21-19(14-17-4-2-1-3-5-17)16-23-11-8-20(25)24(13-12-23)15-18-6-9-22-10-7-18/h1-7,9-10,14H,8,11-13,15-16H2/b19-14-. The lowest BCUT2D eigenvalue weighted by atomic mass is 10.2. The second-order valence-electron chi connectivity index (χ2n) is 6.20. The molecule has 1 aliphatic rings. The van der Waals surface area contributed by atoms with Gasteiger partial charge in [0.05, 0.1) is 0 Å². The summed E-state index contributed by atoms with van der Waals surface area (Å²) in [5.74, 6) is 0.197. The highest BCUT2D eigenvalue weighted by atomic mass is 35.5. The molecule has 4 nitrogen and oxygen atoms in total. The molecule has 1 saturated heterocycles. The van der Waals surface area contributed by atoms with Gasteiger partial charge < -0.3 is 4.90 Å². The molecule has 1 aromatic heterocycles. The largest absolute Gasteiger partial charge is 0.337 e. The average Bonchev–Trinajstić information content (AvgIpc) is 2.79. The van der Waals surface area contributed by atoms with E-state index in [2.05, 4.69) is 9.88 Å². The zero-order valence-corrected chi connectivity index (χ0v) is 14.9. The molecule has 1 aliphatic heterocycles. The van der Waals surface area contributed by atoms with E-state index in [1.807, 2.05) is 53.4 Å². The van der Waals surface area contributed by atoms with E-state index in [4.69, 9.17) is 11.6 Å². The van der Waals surface area contributed by atoms with Gasteiger partial charge in [-0.2, -0.15) is 0 Å². The van der Waals surface area contributed by atoms with Crippen LogP contribution in [-0.4, -0.2) is 46.9 Å². The van der Waals surface area contributed by atoms with Crippen molar-refractivity contribution in [3.8, 4) is 0 Å². The van der Waals surface area contributed by atoms with Gasteiger partial charge in [0.15, 0.2) is 0 Å². The Balaban J connectivity index is 1.57. The summed E-state index contributed by atoms with van der Waals surface area (Å²) in [5, 5.41) is 0.793. The lowest BCUT2D eigenvalue weighted by Crippen LogP contribution is -2.33. The smallest absolute Gasteiger partial charge is 0.224 e. The number of carbonyl (C=O) groups excluding carboxylic acids is 1. The number of halogens is 1. The van der Waals surface area contributed by atoms with Gasteiger partial charge in [-0.15, -0.1) is 0 Å². The van der Waals surface area contributed by atoms with E-state index in [1.165, 1.54) is 0 Å². The molecule has 5 heteroatoms. The van der Waals surface area contributed by atoms with E-state index in [-0.39, 0.29) is 5.91 Å². The Morgan fingerprint density at radius 3 is 2.60 bits per heavy atom. The Bertz CT molecular complexity index is 718. The Morgan fingerprint density at radius 2 is 1.84 bits per heavy atom. The van der Waals surface area contributed by atoms with E-state index in [0.29, 0.717) is 19.5 Å². The minimum Gasteiger partial charge on any atom is -0.337 e. The number of pyridine rings is 1. The highest BCUT2D eigenvalue weighted by molar-refractivity contribution is 6.31. The van der Waals surface area contributed by atoms with E-state index >= 15 is 0 Å². The fourth-order valence-corrected chi connectivity index (χ4v) is 3.23. The molecule has 1 amide bonds. The fourth-order valence-electron chi connectivity index (χ4n) is 2.93. The summed E-state index contributed by atoms with van der Waals surface area (Å²) in [6, 6.07) is 14.0. The molecule has 0 saturated carbocycles. The predicted octanol–water partition coefficient (Wildman–Crippen LogP) is 3.40. The maximum atomic E-state index is 12.4. The van der Waals surface area contributed by atoms with Gasteiger partial charge in [0.1, 0.15) is 0 Å². The molecular formula is C20H22ClN3O. The molecule has 0 bridgehead atoms. The van der Waals surface area contributed by atoms with Crippen LogP contribution in [0.4, 0.5) is 0 Å². The van der Waals surface area contributed by atoms with Crippen LogP contribution in [0.2, 0.25) is 0 Å². The third-order valence-electron chi connectivity index (χ3n) is 4.30. The summed E-state index contributed by atoms with van der Waals surface area (Å²) in [5.41, 5.74) is 2.21. The van der Waals surface area contributed by atoms with Crippen molar-refractivity contribution in [2.45, 2.75) is 13.0 Å². The number of benzene rings is 1. The van der Waals surface area contributed by atoms with Crippen molar-refractivity contribution in [3.05, 3.63) is 71.0 Å². The summed E-state index contributed by atoms with van der Waals surface area (Å²) in [7, 11) is 0. The quantitative estimate of drug-likeness (QED) is 0.824. The highest BCUT2D eigenvalue weighted by Gasteiger charge is 2.21. The average molecular weight is 356 g/mol. The molecule has 0 spiro atoms. The van der Waals surface area contributed by atoms with Gasteiger partial charge in [-0.3, -0.25) is 14.7 Å². The Labute approximate surface area is 153 Å². The molecule has 0 aliphatic carbocycles. The first-order valence-corrected chi connectivity index (χ1v) is 8.88. The minimum atomic E-state index is 0.197. The predicted molar refractivity (Wildman–Crippen MR) is 101 cm³/mol. The number of aromatic nitrogens is 1. The molecule has 0 radical (unpaired) electrons. The zero-order valence-electron chi connectivity index (χ0n) is 14.1. The van der Waals surface area contributed by atoms with Crippen LogP contribution in [0.5, 0.6) is 0 Å². The maximum absolute atomic E-state index is 12.4. The second-order valence-corrected chi connectivity index (χ2v) is 6.68. The summed E-state index contributed by atoms with van der Waals surface area (Å²) in [6.45, 7) is 3.60. The topological polar surface area (TPSA) is 36.4 Å². The van der Waals surface area contributed by atoms with Crippen LogP contribution < -0.4 is 0 Å². The van der Waals surface area contributed by atoms with Crippen molar-refractivity contribution in [1.29, 1.82) is 0 Å². The lowest BCUT2D eigenvalue weighted by molar-refractivity contribution is -0.130. The van der Waals surface area contributed by atoms with Crippen LogP contribution in [0.15, 0.2) is 59.9 Å². The van der Waals surface area contributed by atoms with E-state index < -0.39 is 0 Å². The zero-order chi connectivity index (χ0) is 17.5. The lowest BCUT2D eigenvalue weighted by Gasteiger charge is -2.22. The van der Waals surface area contributed by atoms with E-state index in [9.17, 15) is 4.79 Å². The molecule has 0 atom stereocenters. The van der Waals surface area contributed by atoms with E-state index in [1.54, 1.807) is 12.4 Å². The van der Waals surface area contributed by atoms with Crippen LogP contribution in [0.1, 0.15) is 17.5 Å². The second kappa shape index (κ2) is 8.79. The molecular weight excluding hydrogens is 334 g/mol. The van der Waals surface area contributed by atoms with Gasteiger partial charge in [-0.1, -0.05) is 41.9 Å². The molecule has 0 N–H and O–H groups in total. The molecule has 130 valence electrons. The first-order chi connectivity index (χ1) is 12.2. The molecule has 3 rings (SSSR count). The van der Waals surface area contributed by atoms with Crippen LogP contribution >= 0.6 is 11.6 Å². The van der Waals surface area contributed by atoms with Crippen molar-refractivity contribution in [2.24, 2.45) is 0 Å². The number of amides is 1. The number of hydrogen-bond acceptors (Lipinski definition) is 3. The molecule has 1 aromatic carbocycles. The van der Waals surface area contributed by atoms with Crippen LogP contribution in [0.25, 0.3) is 6.08 Å². The number of hydrogen-bond donors (Lipinski definition) is 0. The molecule has 1 fully saturated rings. The van der Waals surface area contributed by atoms with Crippen LogP contribution in [0, 0.1) is 0 Å². The number of rotatable bonds is 5. The first-order valence-electron chi connectivity index (χ1n) is 8.51. The Hall–Kier alpha value is -2.17. The Kier molecular flexibility index (Phi) is 6.20. The Morgan fingerprint density at radius 1 is 1.08 bits per heavy atom. The summed E-state index contributed by atoms with van der Waals surface area (Å²) < 4.78 is 0. The van der Waals surface area contributed by atoms with Gasteiger partial charge in [-0.05, 0) is 29.3 Å². The molecule has 2 aromatic rings. The van der Waals surface area contributed by atoms with Gasteiger partial charge >= 0.3 is 0 Å². The highest BCUT2D eigenvalue weighted by Crippen LogP contribution is 2.15. The van der Waals surface area contributed by atoms with Crippen molar-refractivity contribution < 1.29 is 4.79 Å². The van der Waals surface area contributed by atoms with E-state index in [0.717, 1.165) is 35.8 Å². The number of carbonyl (C=O) groups is 1. The number of nitrogens with zero attached hydrogens (tertiary/aromatic N) is 3. The first kappa shape index (κ1) is 17.6. The van der Waals surface area contributed by atoms with Crippen molar-refractivity contribution in [1.82, 2.24) is 14.8 Å². The maximum Gasteiger partial charge on any atom is 0.224 e. The summed E-state index contributed by atoms with van der Waals surface area (Å²) in [4.78, 5) is 20.6. The van der Waals surface area contributed by atoms with Crippen LogP contribution in [0.3, 0.4) is 0 Å². The summed E-state index contributed by atoms with van der Waals surface area (Å²) >= 11 is 6.42. The third-order valence-corrected chi connectivity index (χ3v) is 4.53. The van der Waals surface area contributed by atoms with Crippen LogP contribution in [-0.2, 0) is 11.3 Å². The normalized spacial score (nSPS) is 16.8. The van der Waals surface area contributed by atoms with Crippen molar-refractivity contribution >= 4 is 23.6 Å². The molecule has 2 heterocycles. The minimum absolute atomic E-state index is 0.197. The van der Waals surface area contributed by atoms with Crippen molar-refractivity contribution in [2.75, 3.05) is 26.2 Å². The van der Waals surface area contributed by atoms with Gasteiger partial charge in [0.25, 0.3) is 0 Å². The monoisotopic (exact) mass is 355 g/mol. The van der Waals surface area contributed by atoms with Gasteiger partial charge in [0.2, 0.25) is 5.91 Å². The SMILES string of the molecule is O=C1CCN(C/C(Cl)=C/c2ccccc2)CCN1Cc1ccncc1. The van der Waals surface area contributed by atoms with Gasteiger partial charge in [-0.25, -0.2) is 0 Å². The molecule has 0 unspecified atom stereocenters. The fraction of sp³-hybridized carbons (Fsp3) is 0.300.